The largest absolute Gasteiger partial charge is 0.511 e. The Hall–Kier alpha value is -1.44. The first-order chi connectivity index (χ1) is 12.0. The SMILES string of the molecule is CC1=C(O)C(C)(C)CC(C2(C3=CC(C)=C(O)C(C)(C)C3)CCCCC2)=C1. The molecule has 26 heavy (non-hydrogen) atoms. The third-order valence-electron chi connectivity index (χ3n) is 7.01. The number of rotatable bonds is 2. The molecule has 3 rings (SSSR count). The van der Waals surface area contributed by atoms with Crippen LogP contribution in [0.3, 0.4) is 0 Å². The lowest BCUT2D eigenvalue weighted by molar-refractivity contribution is 0.192. The zero-order chi connectivity index (χ0) is 19.3. The van der Waals surface area contributed by atoms with Crippen LogP contribution in [0, 0.1) is 16.2 Å². The second-order valence-electron chi connectivity index (χ2n) is 10.2. The highest BCUT2D eigenvalue weighted by molar-refractivity contribution is 5.45. The highest BCUT2D eigenvalue weighted by atomic mass is 16.3. The Morgan fingerprint density at radius 3 is 1.42 bits per heavy atom. The van der Waals surface area contributed by atoms with Crippen molar-refractivity contribution in [3.63, 3.8) is 0 Å². The van der Waals surface area contributed by atoms with E-state index in [-0.39, 0.29) is 16.2 Å². The summed E-state index contributed by atoms with van der Waals surface area (Å²) >= 11 is 0. The Morgan fingerprint density at radius 1 is 0.692 bits per heavy atom. The minimum Gasteiger partial charge on any atom is -0.511 e. The molecule has 0 aromatic carbocycles. The van der Waals surface area contributed by atoms with Crippen molar-refractivity contribution in [1.82, 2.24) is 0 Å². The summed E-state index contributed by atoms with van der Waals surface area (Å²) in [6.45, 7) is 12.7. The molecule has 0 aliphatic heterocycles. The highest BCUT2D eigenvalue weighted by Gasteiger charge is 2.46. The van der Waals surface area contributed by atoms with Crippen LogP contribution >= 0.6 is 0 Å². The Bertz CT molecular complexity index is 663. The third kappa shape index (κ3) is 3.06. The zero-order valence-corrected chi connectivity index (χ0v) is 17.5. The van der Waals surface area contributed by atoms with Gasteiger partial charge in [-0.05, 0) is 50.7 Å². The molecule has 0 aromatic rings. The van der Waals surface area contributed by atoms with Gasteiger partial charge in [0.05, 0.1) is 0 Å². The van der Waals surface area contributed by atoms with Gasteiger partial charge in [-0.25, -0.2) is 0 Å². The van der Waals surface area contributed by atoms with E-state index in [0.29, 0.717) is 11.5 Å². The van der Waals surface area contributed by atoms with Crippen LogP contribution in [-0.2, 0) is 0 Å². The summed E-state index contributed by atoms with van der Waals surface area (Å²) in [4.78, 5) is 0. The van der Waals surface area contributed by atoms with E-state index in [1.165, 1.54) is 43.3 Å². The first-order valence-electron chi connectivity index (χ1n) is 10.2. The van der Waals surface area contributed by atoms with E-state index < -0.39 is 0 Å². The fraction of sp³-hybridized carbons (Fsp3) is 0.667. The number of allylic oxidation sites excluding steroid dienone is 8. The normalized spacial score (nSPS) is 27.9. The molecule has 144 valence electrons. The first kappa shape index (κ1) is 19.3. The van der Waals surface area contributed by atoms with Crippen LogP contribution in [0.15, 0.2) is 46.0 Å². The van der Waals surface area contributed by atoms with Crippen molar-refractivity contribution >= 4 is 0 Å². The maximum atomic E-state index is 10.6. The van der Waals surface area contributed by atoms with E-state index in [1.54, 1.807) is 0 Å². The average Bonchev–Trinajstić information content (AvgIpc) is 2.57. The lowest BCUT2D eigenvalue weighted by Crippen LogP contribution is -2.36. The monoisotopic (exact) mass is 356 g/mol. The van der Waals surface area contributed by atoms with Gasteiger partial charge in [0, 0.05) is 16.2 Å². The summed E-state index contributed by atoms with van der Waals surface area (Å²) in [5, 5.41) is 21.1. The van der Waals surface area contributed by atoms with Gasteiger partial charge in [0.25, 0.3) is 0 Å². The standard InChI is InChI=1S/C24H36O2/c1-16-12-18(14-22(3,4)20(16)25)24(10-8-7-9-11-24)19-13-17(2)21(26)23(5,6)15-19/h12-13,25-26H,7-11,14-15H2,1-6H3. The van der Waals surface area contributed by atoms with Gasteiger partial charge in [-0.3, -0.25) is 0 Å². The minimum atomic E-state index is -0.198. The van der Waals surface area contributed by atoms with Crippen molar-refractivity contribution in [2.45, 2.75) is 86.5 Å². The first-order valence-corrected chi connectivity index (χ1v) is 10.2. The van der Waals surface area contributed by atoms with Crippen molar-refractivity contribution in [2.75, 3.05) is 0 Å². The maximum Gasteiger partial charge on any atom is 0.101 e. The summed E-state index contributed by atoms with van der Waals surface area (Å²) in [7, 11) is 0. The van der Waals surface area contributed by atoms with Crippen molar-refractivity contribution in [2.24, 2.45) is 16.2 Å². The fourth-order valence-corrected chi connectivity index (χ4v) is 5.57. The van der Waals surface area contributed by atoms with Crippen molar-refractivity contribution in [1.29, 1.82) is 0 Å². The second-order valence-corrected chi connectivity index (χ2v) is 10.2. The smallest absolute Gasteiger partial charge is 0.101 e. The van der Waals surface area contributed by atoms with Crippen molar-refractivity contribution < 1.29 is 10.2 Å². The number of aliphatic hydroxyl groups is 2. The molecule has 3 aliphatic carbocycles. The molecule has 2 heteroatoms. The van der Waals surface area contributed by atoms with Gasteiger partial charge >= 0.3 is 0 Å². The Morgan fingerprint density at radius 2 is 1.08 bits per heavy atom. The highest BCUT2D eigenvalue weighted by Crippen LogP contribution is 2.57. The molecule has 0 heterocycles. The van der Waals surface area contributed by atoms with Crippen LogP contribution in [0.1, 0.15) is 86.5 Å². The van der Waals surface area contributed by atoms with Gasteiger partial charge in [-0.1, -0.05) is 70.3 Å². The summed E-state index contributed by atoms with van der Waals surface area (Å²) in [6, 6.07) is 0. The Labute approximate surface area is 159 Å². The number of aliphatic hydroxyl groups excluding tert-OH is 2. The third-order valence-corrected chi connectivity index (χ3v) is 7.01. The molecular weight excluding hydrogens is 320 g/mol. The van der Waals surface area contributed by atoms with Crippen LogP contribution < -0.4 is 0 Å². The van der Waals surface area contributed by atoms with Crippen LogP contribution in [0.4, 0.5) is 0 Å². The molecule has 0 spiro atoms. The summed E-state index contributed by atoms with van der Waals surface area (Å²) in [5.41, 5.74) is 4.73. The van der Waals surface area contributed by atoms with Gasteiger partial charge in [-0.15, -0.1) is 0 Å². The van der Waals surface area contributed by atoms with Gasteiger partial charge in [0.1, 0.15) is 11.5 Å². The molecule has 0 bridgehead atoms. The molecule has 3 aliphatic rings. The summed E-state index contributed by atoms with van der Waals surface area (Å²) < 4.78 is 0. The zero-order valence-electron chi connectivity index (χ0n) is 17.5. The van der Waals surface area contributed by atoms with Gasteiger partial charge in [0.2, 0.25) is 0 Å². The van der Waals surface area contributed by atoms with E-state index in [0.717, 1.165) is 24.0 Å². The van der Waals surface area contributed by atoms with Gasteiger partial charge in [0.15, 0.2) is 0 Å². The molecule has 0 radical (unpaired) electrons. The van der Waals surface area contributed by atoms with Crippen LogP contribution in [0.25, 0.3) is 0 Å². The predicted molar refractivity (Wildman–Crippen MR) is 109 cm³/mol. The molecule has 0 aromatic heterocycles. The number of hydrogen-bond donors (Lipinski definition) is 2. The maximum absolute atomic E-state index is 10.6. The number of hydrogen-bond acceptors (Lipinski definition) is 2. The Kier molecular flexibility index (Phi) is 4.70. The molecule has 1 saturated carbocycles. The predicted octanol–water partition coefficient (Wildman–Crippen LogP) is 7.31. The Balaban J connectivity index is 2.13. The fourth-order valence-electron chi connectivity index (χ4n) is 5.57. The van der Waals surface area contributed by atoms with Crippen molar-refractivity contribution in [3.8, 4) is 0 Å². The molecule has 2 nitrogen and oxygen atoms in total. The lowest BCUT2D eigenvalue weighted by atomic mass is 9.56. The van der Waals surface area contributed by atoms with Gasteiger partial charge in [-0.2, -0.15) is 0 Å². The minimum absolute atomic E-state index is 0.0940. The molecule has 0 saturated heterocycles. The molecule has 2 N–H and O–H groups in total. The molecule has 1 fully saturated rings. The molecule has 0 amide bonds. The topological polar surface area (TPSA) is 40.5 Å². The quantitative estimate of drug-likeness (QED) is 0.544. The summed E-state index contributed by atoms with van der Waals surface area (Å²) in [5.74, 6) is 1.08. The second kappa shape index (κ2) is 6.32. The van der Waals surface area contributed by atoms with Crippen LogP contribution in [-0.4, -0.2) is 10.2 Å². The van der Waals surface area contributed by atoms with E-state index >= 15 is 0 Å². The van der Waals surface area contributed by atoms with Crippen LogP contribution in [0.2, 0.25) is 0 Å². The molecule has 0 unspecified atom stereocenters. The average molecular weight is 357 g/mol. The molecule has 0 atom stereocenters. The van der Waals surface area contributed by atoms with Crippen molar-refractivity contribution in [3.05, 3.63) is 46.0 Å². The molecular formula is C24H36O2. The van der Waals surface area contributed by atoms with E-state index in [4.69, 9.17) is 0 Å². The van der Waals surface area contributed by atoms with Gasteiger partial charge < -0.3 is 10.2 Å². The van der Waals surface area contributed by atoms with E-state index in [1.807, 2.05) is 13.8 Å². The van der Waals surface area contributed by atoms with E-state index in [2.05, 4.69) is 39.8 Å². The van der Waals surface area contributed by atoms with E-state index in [9.17, 15) is 10.2 Å². The summed E-state index contributed by atoms with van der Waals surface area (Å²) in [6.07, 6.45) is 12.6. The lowest BCUT2D eigenvalue weighted by Gasteiger charge is -2.48. The van der Waals surface area contributed by atoms with Crippen LogP contribution in [0.5, 0.6) is 0 Å².